The molecule has 0 heterocycles. The average molecular weight is 537 g/mol. The molecule has 0 aliphatic rings. The van der Waals surface area contributed by atoms with Crippen LogP contribution in [0.1, 0.15) is 29.5 Å². The van der Waals surface area contributed by atoms with Gasteiger partial charge in [0.2, 0.25) is 0 Å². The first-order valence-electron chi connectivity index (χ1n) is 14.4. The van der Waals surface area contributed by atoms with E-state index in [9.17, 15) is 0 Å². The Hall–Kier alpha value is -3.90. The smallest absolute Gasteiger partial charge is 0.122 e. The van der Waals surface area contributed by atoms with Gasteiger partial charge in [0.05, 0.1) is 6.54 Å². The number of benzene rings is 5. The molecule has 0 saturated heterocycles. The number of unbranched alkanes of at least 4 members (excludes halogenated alkanes) is 1. The third-order valence-corrected chi connectivity index (χ3v) is 7.28. The molecule has 206 valence electrons. The number of ether oxygens (including phenoxy) is 2. The fraction of sp³-hybridized carbons (Fsp3) is 0.257. The van der Waals surface area contributed by atoms with Crippen molar-refractivity contribution in [1.82, 2.24) is 0 Å². The lowest BCUT2D eigenvalue weighted by molar-refractivity contribution is -0.685. The van der Waals surface area contributed by atoms with Gasteiger partial charge in [0, 0.05) is 23.3 Å². The molecule has 0 aromatic heterocycles. The van der Waals surface area contributed by atoms with E-state index >= 15 is 0 Å². The van der Waals surface area contributed by atoms with Crippen molar-refractivity contribution in [1.29, 1.82) is 0 Å². The predicted octanol–water partition coefficient (Wildman–Crippen LogP) is 4.55. The van der Waals surface area contributed by atoms with Crippen molar-refractivity contribution in [3.8, 4) is 11.5 Å². The van der Waals surface area contributed by atoms with E-state index in [0.29, 0.717) is 13.2 Å². The first-order chi connectivity index (χ1) is 19.8. The van der Waals surface area contributed by atoms with E-state index in [0.717, 1.165) is 50.5 Å². The maximum atomic E-state index is 8.85. The van der Waals surface area contributed by atoms with Gasteiger partial charge in [-0.2, -0.15) is 0 Å². The first kappa shape index (κ1) is 27.7. The molecule has 0 aliphatic heterocycles. The first-order valence-corrected chi connectivity index (χ1v) is 14.4. The zero-order chi connectivity index (χ0) is 27.4. The maximum absolute atomic E-state index is 8.85. The number of fused-ring (bicyclic) bond motifs is 2. The Morgan fingerprint density at radius 1 is 0.550 bits per heavy atom. The summed E-state index contributed by atoms with van der Waals surface area (Å²) in [5.74, 6) is 1.72. The lowest BCUT2D eigenvalue weighted by atomic mass is 9.97. The SMILES string of the molecule is OCCCC[NH2+]Cc1ccc(OCCOc2ccc(C[NH2+]Cc3c4ccccc4cc4ccccc34)cc2)cc1. The highest BCUT2D eigenvalue weighted by atomic mass is 16.5. The largest absolute Gasteiger partial charge is 0.490 e. The Bertz CT molecular complexity index is 1430. The van der Waals surface area contributed by atoms with Crippen LogP contribution in [0, 0.1) is 0 Å². The highest BCUT2D eigenvalue weighted by Crippen LogP contribution is 2.27. The Kier molecular flexibility index (Phi) is 10.0. The van der Waals surface area contributed by atoms with Crippen molar-refractivity contribution in [3.63, 3.8) is 0 Å². The summed E-state index contributed by atoms with van der Waals surface area (Å²) in [5.41, 5.74) is 3.95. The van der Waals surface area contributed by atoms with Gasteiger partial charge in [-0.25, -0.2) is 0 Å². The van der Waals surface area contributed by atoms with E-state index in [1.54, 1.807) is 0 Å². The minimum atomic E-state index is 0.277. The van der Waals surface area contributed by atoms with Gasteiger partial charge < -0.3 is 25.2 Å². The summed E-state index contributed by atoms with van der Waals surface area (Å²) in [5, 5.41) is 18.8. The van der Waals surface area contributed by atoms with Crippen LogP contribution < -0.4 is 20.1 Å². The van der Waals surface area contributed by atoms with Crippen LogP contribution in [0.5, 0.6) is 11.5 Å². The summed E-state index contributed by atoms with van der Waals surface area (Å²) in [6, 6.07) is 36.3. The van der Waals surface area contributed by atoms with Gasteiger partial charge in [-0.15, -0.1) is 0 Å². The van der Waals surface area contributed by atoms with Crippen molar-refractivity contribution < 1.29 is 25.2 Å². The summed E-state index contributed by atoms with van der Waals surface area (Å²) in [6.45, 7) is 5.11. The van der Waals surface area contributed by atoms with Crippen LogP contribution in [0.15, 0.2) is 103 Å². The standard InChI is InChI=1S/C35H38N2O3/c38-20-6-5-19-36-24-27-11-15-31(16-12-27)39-21-22-40-32-17-13-28(14-18-32)25-37-26-35-33-9-3-1-7-29(33)23-30-8-2-4-10-34(30)35/h1-4,7-18,23,36-38H,5-6,19-22,24-26H2/p+2. The van der Waals surface area contributed by atoms with Gasteiger partial charge in [-0.05, 0) is 89.0 Å². The maximum Gasteiger partial charge on any atom is 0.122 e. The number of quaternary nitrogens is 2. The molecule has 0 atom stereocenters. The Morgan fingerprint density at radius 3 is 1.62 bits per heavy atom. The number of hydrogen-bond donors (Lipinski definition) is 3. The van der Waals surface area contributed by atoms with Crippen LogP contribution in [0.2, 0.25) is 0 Å². The van der Waals surface area contributed by atoms with Crippen molar-refractivity contribution in [2.24, 2.45) is 0 Å². The summed E-state index contributed by atoms with van der Waals surface area (Å²) >= 11 is 0. The summed E-state index contributed by atoms with van der Waals surface area (Å²) in [6.07, 6.45) is 1.92. The molecule has 0 aliphatic carbocycles. The molecule has 0 saturated carbocycles. The van der Waals surface area contributed by atoms with Crippen LogP contribution >= 0.6 is 0 Å². The molecular formula is C35H40N2O3+2. The normalized spacial score (nSPS) is 11.2. The van der Waals surface area contributed by atoms with Crippen molar-refractivity contribution in [2.75, 3.05) is 26.4 Å². The third kappa shape index (κ3) is 7.60. The minimum Gasteiger partial charge on any atom is -0.490 e. The zero-order valence-corrected chi connectivity index (χ0v) is 23.1. The summed E-state index contributed by atoms with van der Waals surface area (Å²) in [7, 11) is 0. The Labute approximate surface area is 236 Å². The van der Waals surface area contributed by atoms with Crippen LogP contribution in [0.4, 0.5) is 0 Å². The van der Waals surface area contributed by atoms with Crippen molar-refractivity contribution in [3.05, 3.63) is 120 Å². The summed E-state index contributed by atoms with van der Waals surface area (Å²) in [4.78, 5) is 0. The highest BCUT2D eigenvalue weighted by molar-refractivity contribution is 6.02. The molecule has 5 rings (SSSR count). The molecule has 0 unspecified atom stereocenters. The average Bonchev–Trinajstić information content (AvgIpc) is 3.00. The number of rotatable bonds is 15. The second-order valence-corrected chi connectivity index (χ2v) is 10.2. The lowest BCUT2D eigenvalue weighted by Gasteiger charge is -2.11. The fourth-order valence-electron chi connectivity index (χ4n) is 5.14. The van der Waals surface area contributed by atoms with Crippen LogP contribution in [0.25, 0.3) is 21.5 Å². The van der Waals surface area contributed by atoms with Crippen LogP contribution in [-0.4, -0.2) is 31.5 Å². The molecule has 0 amide bonds. The molecule has 5 nitrogen and oxygen atoms in total. The van der Waals surface area contributed by atoms with Gasteiger partial charge in [0.1, 0.15) is 44.3 Å². The lowest BCUT2D eigenvalue weighted by Crippen LogP contribution is -2.82. The van der Waals surface area contributed by atoms with Gasteiger partial charge in [0.15, 0.2) is 0 Å². The fourth-order valence-corrected chi connectivity index (χ4v) is 5.14. The minimum absolute atomic E-state index is 0.277. The topological polar surface area (TPSA) is 71.9 Å². The second kappa shape index (κ2) is 14.5. The summed E-state index contributed by atoms with van der Waals surface area (Å²) < 4.78 is 11.8. The van der Waals surface area contributed by atoms with E-state index in [2.05, 4.69) is 89.5 Å². The van der Waals surface area contributed by atoms with E-state index in [4.69, 9.17) is 14.6 Å². The third-order valence-electron chi connectivity index (χ3n) is 7.28. The van der Waals surface area contributed by atoms with Crippen molar-refractivity contribution in [2.45, 2.75) is 32.5 Å². The molecular weight excluding hydrogens is 496 g/mol. The molecule has 40 heavy (non-hydrogen) atoms. The molecule has 0 radical (unpaired) electrons. The highest BCUT2D eigenvalue weighted by Gasteiger charge is 2.09. The predicted molar refractivity (Wildman–Crippen MR) is 161 cm³/mol. The van der Waals surface area contributed by atoms with Crippen LogP contribution in [-0.2, 0) is 19.6 Å². The Morgan fingerprint density at radius 2 is 1.07 bits per heavy atom. The second-order valence-electron chi connectivity index (χ2n) is 10.2. The molecule has 0 spiro atoms. The van der Waals surface area contributed by atoms with E-state index < -0.39 is 0 Å². The number of hydrogen-bond acceptors (Lipinski definition) is 3. The van der Waals surface area contributed by atoms with E-state index in [-0.39, 0.29) is 6.61 Å². The van der Waals surface area contributed by atoms with Crippen molar-refractivity contribution >= 4 is 21.5 Å². The van der Waals surface area contributed by atoms with Gasteiger partial charge in [-0.1, -0.05) is 48.5 Å². The molecule has 0 fully saturated rings. The molecule has 5 aromatic rings. The quantitative estimate of drug-likeness (QED) is 0.136. The number of nitrogens with two attached hydrogens (primary N) is 2. The van der Waals surface area contributed by atoms with Gasteiger partial charge >= 0.3 is 0 Å². The molecule has 5 aromatic carbocycles. The molecule has 5 heteroatoms. The van der Waals surface area contributed by atoms with Crippen LogP contribution in [0.3, 0.4) is 0 Å². The molecule has 5 N–H and O–H groups in total. The number of aliphatic hydroxyl groups excluding tert-OH is 1. The van der Waals surface area contributed by atoms with E-state index in [1.165, 1.54) is 38.2 Å². The van der Waals surface area contributed by atoms with E-state index in [1.807, 2.05) is 24.3 Å². The zero-order valence-electron chi connectivity index (χ0n) is 23.1. The van der Waals surface area contributed by atoms with Gasteiger partial charge in [-0.3, -0.25) is 0 Å². The molecule has 0 bridgehead atoms. The Balaban J connectivity index is 1.05. The number of aliphatic hydroxyl groups is 1. The monoisotopic (exact) mass is 536 g/mol. The van der Waals surface area contributed by atoms with Gasteiger partial charge in [0.25, 0.3) is 0 Å².